The molecular formula is C11H15NO4S. The van der Waals surface area contributed by atoms with Crippen molar-refractivity contribution < 1.29 is 17.9 Å². The topological polar surface area (TPSA) is 72.5 Å². The smallest absolute Gasteiger partial charge is 0.240 e. The molecule has 0 saturated carbocycles. The van der Waals surface area contributed by atoms with E-state index in [-0.39, 0.29) is 17.2 Å². The average Bonchev–Trinajstić information content (AvgIpc) is 2.29. The maximum absolute atomic E-state index is 11.8. The molecular weight excluding hydrogens is 242 g/mol. The van der Waals surface area contributed by atoms with E-state index >= 15 is 0 Å². The summed E-state index contributed by atoms with van der Waals surface area (Å²) in [4.78, 5) is 11.2. The van der Waals surface area contributed by atoms with Crippen LogP contribution in [0.25, 0.3) is 0 Å². The number of carbonyl (C=O) groups excluding carboxylic acids is 1. The Kier molecular flexibility index (Phi) is 4.80. The Bertz CT molecular complexity index is 496. The summed E-state index contributed by atoms with van der Waals surface area (Å²) in [5, 5.41) is 0. The molecule has 1 N–H and O–H groups in total. The third kappa shape index (κ3) is 3.92. The maximum atomic E-state index is 11.8. The van der Waals surface area contributed by atoms with Crippen molar-refractivity contribution in [2.45, 2.75) is 11.8 Å². The van der Waals surface area contributed by atoms with Gasteiger partial charge in [-0.25, -0.2) is 13.1 Å². The summed E-state index contributed by atoms with van der Waals surface area (Å²) in [6.45, 7) is 1.89. The SMILES string of the molecule is COCCNS(=O)(=O)c1cccc(C(C)=O)c1. The molecule has 1 aromatic rings. The minimum absolute atomic E-state index is 0.0845. The predicted molar refractivity (Wildman–Crippen MR) is 63.5 cm³/mol. The minimum atomic E-state index is -3.57. The summed E-state index contributed by atoms with van der Waals surface area (Å²) in [7, 11) is -2.08. The van der Waals surface area contributed by atoms with Crippen LogP contribution in [0.2, 0.25) is 0 Å². The number of benzene rings is 1. The van der Waals surface area contributed by atoms with Gasteiger partial charge in [0.05, 0.1) is 11.5 Å². The van der Waals surface area contributed by atoms with Gasteiger partial charge in [0.1, 0.15) is 0 Å². The lowest BCUT2D eigenvalue weighted by Crippen LogP contribution is -2.27. The molecule has 6 heteroatoms. The van der Waals surface area contributed by atoms with Crippen LogP contribution < -0.4 is 4.72 Å². The molecule has 0 bridgehead atoms. The number of ether oxygens (including phenoxy) is 1. The summed E-state index contributed by atoms with van der Waals surface area (Å²) < 4.78 is 30.7. The first-order valence-electron chi connectivity index (χ1n) is 5.07. The van der Waals surface area contributed by atoms with Gasteiger partial charge in [0.25, 0.3) is 0 Å². The number of hydrogen-bond acceptors (Lipinski definition) is 4. The van der Waals surface area contributed by atoms with Gasteiger partial charge in [-0.1, -0.05) is 12.1 Å². The fourth-order valence-corrected chi connectivity index (χ4v) is 2.30. The fourth-order valence-electron chi connectivity index (χ4n) is 1.24. The number of nitrogens with one attached hydrogen (secondary N) is 1. The molecule has 17 heavy (non-hydrogen) atoms. The molecule has 1 rings (SSSR count). The molecule has 0 amide bonds. The van der Waals surface area contributed by atoms with E-state index in [1.165, 1.54) is 26.2 Å². The van der Waals surface area contributed by atoms with Crippen LogP contribution in [0.15, 0.2) is 29.2 Å². The van der Waals surface area contributed by atoms with E-state index in [2.05, 4.69) is 4.72 Å². The summed E-state index contributed by atoms with van der Waals surface area (Å²) >= 11 is 0. The van der Waals surface area contributed by atoms with E-state index in [0.717, 1.165) is 0 Å². The first-order valence-corrected chi connectivity index (χ1v) is 6.55. The monoisotopic (exact) mass is 257 g/mol. The van der Waals surface area contributed by atoms with Gasteiger partial charge in [-0.05, 0) is 19.1 Å². The van der Waals surface area contributed by atoms with E-state index in [9.17, 15) is 13.2 Å². The van der Waals surface area contributed by atoms with Gasteiger partial charge in [-0.15, -0.1) is 0 Å². The number of Topliss-reactive ketones (excluding diaryl/α,β-unsaturated/α-hetero) is 1. The molecule has 0 aliphatic carbocycles. The third-order valence-electron chi connectivity index (χ3n) is 2.15. The highest BCUT2D eigenvalue weighted by Crippen LogP contribution is 2.11. The van der Waals surface area contributed by atoms with Crippen molar-refractivity contribution in [1.82, 2.24) is 4.72 Å². The van der Waals surface area contributed by atoms with Crippen LogP contribution in [0.3, 0.4) is 0 Å². The fraction of sp³-hybridized carbons (Fsp3) is 0.364. The van der Waals surface area contributed by atoms with Crippen LogP contribution >= 0.6 is 0 Å². The van der Waals surface area contributed by atoms with E-state index in [1.54, 1.807) is 12.1 Å². The molecule has 1 aromatic carbocycles. The normalized spacial score (nSPS) is 11.4. The van der Waals surface area contributed by atoms with E-state index < -0.39 is 10.0 Å². The standard InChI is InChI=1S/C11H15NO4S/c1-9(13)10-4-3-5-11(8-10)17(14,15)12-6-7-16-2/h3-5,8,12H,6-7H2,1-2H3. The lowest BCUT2D eigenvalue weighted by atomic mass is 10.2. The van der Waals surface area contributed by atoms with Crippen molar-refractivity contribution in [1.29, 1.82) is 0 Å². The zero-order valence-electron chi connectivity index (χ0n) is 9.76. The van der Waals surface area contributed by atoms with Crippen molar-refractivity contribution in [3.63, 3.8) is 0 Å². The second kappa shape index (κ2) is 5.90. The van der Waals surface area contributed by atoms with Gasteiger partial charge in [0, 0.05) is 19.2 Å². The number of sulfonamides is 1. The number of ketones is 1. The molecule has 94 valence electrons. The Morgan fingerprint density at radius 1 is 1.41 bits per heavy atom. The van der Waals surface area contributed by atoms with Crippen LogP contribution in [-0.4, -0.2) is 34.5 Å². The number of carbonyl (C=O) groups is 1. The van der Waals surface area contributed by atoms with Gasteiger partial charge in [-0.2, -0.15) is 0 Å². The summed E-state index contributed by atoms with van der Waals surface area (Å²) in [5.74, 6) is -0.168. The molecule has 0 atom stereocenters. The van der Waals surface area contributed by atoms with Crippen LogP contribution in [0.1, 0.15) is 17.3 Å². The number of rotatable bonds is 6. The average molecular weight is 257 g/mol. The van der Waals surface area contributed by atoms with Gasteiger partial charge >= 0.3 is 0 Å². The number of hydrogen-bond donors (Lipinski definition) is 1. The molecule has 0 unspecified atom stereocenters. The summed E-state index contributed by atoms with van der Waals surface area (Å²) in [6.07, 6.45) is 0. The molecule has 0 saturated heterocycles. The molecule has 0 aromatic heterocycles. The Morgan fingerprint density at radius 2 is 2.12 bits per heavy atom. The first-order chi connectivity index (χ1) is 7.97. The first kappa shape index (κ1) is 13.8. The summed E-state index contributed by atoms with van der Waals surface area (Å²) in [5.41, 5.74) is 0.375. The largest absolute Gasteiger partial charge is 0.383 e. The summed E-state index contributed by atoms with van der Waals surface area (Å²) in [6, 6.07) is 5.93. The Morgan fingerprint density at radius 3 is 2.71 bits per heavy atom. The zero-order valence-corrected chi connectivity index (χ0v) is 10.6. The molecule has 0 radical (unpaired) electrons. The van der Waals surface area contributed by atoms with Gasteiger partial charge in [-0.3, -0.25) is 4.79 Å². The van der Waals surface area contributed by atoms with Gasteiger partial charge in [0.2, 0.25) is 10.0 Å². The van der Waals surface area contributed by atoms with Crippen molar-refractivity contribution in [2.24, 2.45) is 0 Å². The highest BCUT2D eigenvalue weighted by molar-refractivity contribution is 7.89. The van der Waals surface area contributed by atoms with Gasteiger partial charge < -0.3 is 4.74 Å². The molecule has 0 spiro atoms. The number of methoxy groups -OCH3 is 1. The highest BCUT2D eigenvalue weighted by Gasteiger charge is 2.14. The second-order valence-electron chi connectivity index (χ2n) is 3.47. The maximum Gasteiger partial charge on any atom is 0.240 e. The van der Waals surface area contributed by atoms with Crippen molar-refractivity contribution in [2.75, 3.05) is 20.3 Å². The highest BCUT2D eigenvalue weighted by atomic mass is 32.2. The van der Waals surface area contributed by atoms with Crippen LogP contribution in [0, 0.1) is 0 Å². The van der Waals surface area contributed by atoms with E-state index in [1.807, 2.05) is 0 Å². The Balaban J connectivity index is 2.91. The molecule has 0 aliphatic rings. The molecule has 5 nitrogen and oxygen atoms in total. The third-order valence-corrected chi connectivity index (χ3v) is 3.61. The van der Waals surface area contributed by atoms with Crippen LogP contribution in [-0.2, 0) is 14.8 Å². The van der Waals surface area contributed by atoms with E-state index in [4.69, 9.17) is 4.74 Å². The molecule has 0 heterocycles. The Labute approximate surface area is 101 Å². The van der Waals surface area contributed by atoms with Crippen molar-refractivity contribution in [3.05, 3.63) is 29.8 Å². The molecule has 0 aliphatic heterocycles. The quantitative estimate of drug-likeness (QED) is 0.604. The zero-order chi connectivity index (χ0) is 12.9. The minimum Gasteiger partial charge on any atom is -0.383 e. The lowest BCUT2D eigenvalue weighted by molar-refractivity contribution is 0.101. The van der Waals surface area contributed by atoms with Crippen LogP contribution in [0.4, 0.5) is 0 Å². The van der Waals surface area contributed by atoms with Gasteiger partial charge in [0.15, 0.2) is 5.78 Å². The van der Waals surface area contributed by atoms with E-state index in [0.29, 0.717) is 12.2 Å². The lowest BCUT2D eigenvalue weighted by Gasteiger charge is -2.06. The van der Waals surface area contributed by atoms with Crippen molar-refractivity contribution in [3.8, 4) is 0 Å². The molecule has 0 fully saturated rings. The second-order valence-corrected chi connectivity index (χ2v) is 5.24. The van der Waals surface area contributed by atoms with Crippen LogP contribution in [0.5, 0.6) is 0 Å². The Hall–Kier alpha value is -1.24. The van der Waals surface area contributed by atoms with Crippen molar-refractivity contribution >= 4 is 15.8 Å². The predicted octanol–water partition coefficient (Wildman–Crippen LogP) is 0.814.